The van der Waals surface area contributed by atoms with Gasteiger partial charge in [0.15, 0.2) is 0 Å². The fourth-order valence-corrected chi connectivity index (χ4v) is 10.1. The molecule has 0 aliphatic rings. The zero-order valence-electron chi connectivity index (χ0n) is 22.0. The summed E-state index contributed by atoms with van der Waals surface area (Å²) in [6.07, 6.45) is 0. The van der Waals surface area contributed by atoms with Crippen molar-refractivity contribution in [2.45, 2.75) is 19.3 Å². The van der Waals surface area contributed by atoms with Gasteiger partial charge in [-0.25, -0.2) is 0 Å². The summed E-state index contributed by atoms with van der Waals surface area (Å²) in [6.45, 7) is 4.17. The highest BCUT2D eigenvalue weighted by Gasteiger charge is 2.26. The van der Waals surface area contributed by atoms with Gasteiger partial charge in [-0.1, -0.05) is 77.6 Å². The SMILES string of the molecule is Brc1cc(Br)cc(Br)c1.CC(C)(c1cc(Br)c(O)c(Br)c1)c1cc(Br)c(O)c(Br)c1.O=C(Cl)Cl.Oc1c(Br)cc(Br)cc1Br. The number of aromatic hydroxyl groups is 3. The van der Waals surface area contributed by atoms with Crippen molar-refractivity contribution in [3.05, 3.63) is 110 Å². The summed E-state index contributed by atoms with van der Waals surface area (Å²) in [5.41, 5.74) is 1.75. The summed E-state index contributed by atoms with van der Waals surface area (Å²) in [4.78, 5) is 8.98. The van der Waals surface area contributed by atoms with Gasteiger partial charge < -0.3 is 15.3 Å². The van der Waals surface area contributed by atoms with Crippen LogP contribution in [0.4, 0.5) is 4.79 Å². The minimum absolute atomic E-state index is 0.183. The molecule has 0 heterocycles. The number of carbonyl (C=O) groups is 1. The Morgan fingerprint density at radius 1 is 0.477 bits per heavy atom. The summed E-state index contributed by atoms with van der Waals surface area (Å²) in [6, 6.07) is 17.1. The van der Waals surface area contributed by atoms with E-state index in [2.05, 4.69) is 196 Å². The molecule has 16 heteroatoms. The number of benzene rings is 4. The van der Waals surface area contributed by atoms with E-state index in [4.69, 9.17) is 4.79 Å². The molecule has 3 N–H and O–H groups in total. The maximum Gasteiger partial charge on any atom is 0.313 e. The highest BCUT2D eigenvalue weighted by molar-refractivity contribution is 9.12. The van der Waals surface area contributed by atoms with Gasteiger partial charge in [-0.15, -0.1) is 0 Å². The van der Waals surface area contributed by atoms with E-state index in [0.29, 0.717) is 26.8 Å². The Hall–Kier alpha value is 1.33. The summed E-state index contributed by atoms with van der Waals surface area (Å²) in [7, 11) is 0. The largest absolute Gasteiger partial charge is 0.506 e. The molecule has 4 aromatic carbocycles. The lowest BCUT2D eigenvalue weighted by Gasteiger charge is -2.27. The first-order chi connectivity index (χ1) is 20.2. The predicted octanol–water partition coefficient (Wildman–Crippen LogP) is 15.7. The van der Waals surface area contributed by atoms with E-state index >= 15 is 0 Å². The van der Waals surface area contributed by atoms with Crippen LogP contribution in [0.2, 0.25) is 0 Å². The molecule has 0 saturated heterocycles. The van der Waals surface area contributed by atoms with Crippen molar-refractivity contribution < 1.29 is 20.1 Å². The molecule has 0 atom stereocenters. The molecule has 0 radical (unpaired) electrons. The molecule has 0 fully saturated rings. The molecular weight excluding hydrogens is 1270 g/mol. The average molecular weight is 1290 g/mol. The minimum Gasteiger partial charge on any atom is -0.506 e. The van der Waals surface area contributed by atoms with Gasteiger partial charge in [0.25, 0.3) is 0 Å². The monoisotopic (exact) mass is 1280 g/mol. The first-order valence-electron chi connectivity index (χ1n) is 11.3. The molecular formula is C28H18Br10Cl2O4. The highest BCUT2D eigenvalue weighted by atomic mass is 79.9. The highest BCUT2D eigenvalue weighted by Crippen LogP contribution is 2.43. The molecule has 0 aliphatic carbocycles. The lowest BCUT2D eigenvalue weighted by molar-refractivity contribution is 0.275. The second-order valence-corrected chi connectivity index (χ2v) is 18.4. The first-order valence-corrected chi connectivity index (χ1v) is 20.0. The van der Waals surface area contributed by atoms with Gasteiger partial charge in [-0.2, -0.15) is 0 Å². The smallest absolute Gasteiger partial charge is 0.313 e. The Labute approximate surface area is 349 Å². The van der Waals surface area contributed by atoms with E-state index in [1.54, 1.807) is 12.1 Å². The van der Waals surface area contributed by atoms with Crippen LogP contribution in [0, 0.1) is 0 Å². The van der Waals surface area contributed by atoms with E-state index in [-0.39, 0.29) is 22.7 Å². The maximum absolute atomic E-state index is 9.85. The van der Waals surface area contributed by atoms with Crippen molar-refractivity contribution >= 4 is 187 Å². The van der Waals surface area contributed by atoms with Crippen molar-refractivity contribution in [2.24, 2.45) is 0 Å². The van der Waals surface area contributed by atoms with Crippen LogP contribution >= 0.6 is 183 Å². The van der Waals surface area contributed by atoms with Crippen LogP contribution in [0.25, 0.3) is 0 Å². The van der Waals surface area contributed by atoms with Gasteiger partial charge in [-0.05, 0) is 185 Å². The van der Waals surface area contributed by atoms with Gasteiger partial charge in [0.1, 0.15) is 17.2 Å². The van der Waals surface area contributed by atoms with Crippen molar-refractivity contribution in [3.8, 4) is 17.2 Å². The molecule has 0 amide bonds. The van der Waals surface area contributed by atoms with Crippen LogP contribution in [0.15, 0.2) is 99.3 Å². The van der Waals surface area contributed by atoms with Crippen LogP contribution in [-0.4, -0.2) is 20.0 Å². The zero-order valence-corrected chi connectivity index (χ0v) is 39.4. The minimum atomic E-state index is -0.889. The summed E-state index contributed by atoms with van der Waals surface area (Å²) >= 11 is 42.0. The molecule has 44 heavy (non-hydrogen) atoms. The number of phenols is 3. The van der Waals surface area contributed by atoms with Crippen LogP contribution in [0.5, 0.6) is 17.2 Å². The standard InChI is InChI=1S/C15H12Br4O2.C6H3Br3O.C6H3Br3.CCl2O/c1-15(2,7-3-9(16)13(20)10(17)4-7)8-5-11(18)14(21)12(19)6-8;7-3-1-4(8)6(10)5(9)2-3;7-4-1-5(8)3-6(9)2-4;2-1(3)4/h3-6,20-21H,1-2H3;1-2,10H;1-3H;. The second kappa shape index (κ2) is 20.1. The van der Waals surface area contributed by atoms with Crippen LogP contribution < -0.4 is 0 Å². The molecule has 0 unspecified atom stereocenters. The molecule has 238 valence electrons. The average Bonchev–Trinajstić information content (AvgIpc) is 2.88. The van der Waals surface area contributed by atoms with Crippen molar-refractivity contribution in [3.63, 3.8) is 0 Å². The first kappa shape index (κ1) is 43.4. The number of phenolic OH excluding ortho intramolecular Hbond substituents is 3. The van der Waals surface area contributed by atoms with E-state index < -0.39 is 4.70 Å². The third-order valence-corrected chi connectivity index (χ3v) is 10.7. The van der Waals surface area contributed by atoms with Crippen LogP contribution in [-0.2, 0) is 5.41 Å². The van der Waals surface area contributed by atoms with E-state index in [1.165, 1.54) is 0 Å². The molecule has 0 saturated carbocycles. The van der Waals surface area contributed by atoms with Gasteiger partial charge in [0.2, 0.25) is 0 Å². The Morgan fingerprint density at radius 2 is 0.659 bits per heavy atom. The number of carbonyl (C=O) groups excluding carboxylic acids is 1. The topological polar surface area (TPSA) is 77.8 Å². The van der Waals surface area contributed by atoms with Crippen molar-refractivity contribution in [1.29, 1.82) is 0 Å². The quantitative estimate of drug-likeness (QED) is 0.175. The van der Waals surface area contributed by atoms with Gasteiger partial charge in [0.05, 0.1) is 26.8 Å². The molecule has 4 aromatic rings. The van der Waals surface area contributed by atoms with E-state index in [1.807, 2.05) is 42.5 Å². The Bertz CT molecular complexity index is 1450. The lowest BCUT2D eigenvalue weighted by atomic mass is 9.78. The summed E-state index contributed by atoms with van der Waals surface area (Å²) < 4.78 is 7.14. The Balaban J connectivity index is 0.000000348. The molecule has 4 nitrogen and oxygen atoms in total. The Kier molecular flexibility index (Phi) is 19.8. The number of hydrogen-bond donors (Lipinski definition) is 3. The van der Waals surface area contributed by atoms with Crippen LogP contribution in [0.3, 0.4) is 0 Å². The van der Waals surface area contributed by atoms with Gasteiger partial charge >= 0.3 is 4.70 Å². The van der Waals surface area contributed by atoms with Crippen molar-refractivity contribution in [2.75, 3.05) is 0 Å². The maximum atomic E-state index is 9.85. The number of hydrogen-bond acceptors (Lipinski definition) is 4. The number of rotatable bonds is 2. The summed E-state index contributed by atoms with van der Waals surface area (Å²) in [5.74, 6) is 0.591. The Morgan fingerprint density at radius 3 is 0.886 bits per heavy atom. The molecule has 0 bridgehead atoms. The zero-order chi connectivity index (χ0) is 34.1. The molecule has 0 spiro atoms. The number of halogens is 12. The third-order valence-electron chi connectivity index (χ3n) is 5.29. The normalized spacial score (nSPS) is 10.4. The second-order valence-electron chi connectivity index (χ2n) is 8.73. The van der Waals surface area contributed by atoms with Crippen LogP contribution in [0.1, 0.15) is 25.0 Å². The molecule has 0 aliphatic heterocycles. The fourth-order valence-electron chi connectivity index (χ4n) is 3.07. The third kappa shape index (κ3) is 14.4. The summed E-state index contributed by atoms with van der Waals surface area (Å²) in [5, 5.41) is 28.9. The lowest BCUT2D eigenvalue weighted by Crippen LogP contribution is -2.19. The van der Waals surface area contributed by atoms with E-state index in [9.17, 15) is 15.3 Å². The van der Waals surface area contributed by atoms with E-state index in [0.717, 1.165) is 29.0 Å². The predicted molar refractivity (Wildman–Crippen MR) is 217 cm³/mol. The van der Waals surface area contributed by atoms with Crippen molar-refractivity contribution in [1.82, 2.24) is 0 Å². The molecule has 4 rings (SSSR count). The van der Waals surface area contributed by atoms with Gasteiger partial charge in [0, 0.05) is 23.3 Å². The molecule has 0 aromatic heterocycles. The van der Waals surface area contributed by atoms with Gasteiger partial charge in [-0.3, -0.25) is 4.79 Å². The fraction of sp³-hybridized carbons (Fsp3) is 0.107.